The zero-order chi connectivity index (χ0) is 26.7. The smallest absolute Gasteiger partial charge is 0.343 e. The molecular weight excluding hydrogens is 552 g/mol. The van der Waals surface area contributed by atoms with E-state index in [0.29, 0.717) is 22.4 Å². The number of benzene rings is 4. The summed E-state index contributed by atoms with van der Waals surface area (Å²) in [5.41, 5.74) is 3.43. The molecule has 38 heavy (non-hydrogen) atoms. The number of amides is 1. The van der Waals surface area contributed by atoms with Gasteiger partial charge in [-0.25, -0.2) is 15.0 Å². The molecule has 1 N–H and O–H groups in total. The van der Waals surface area contributed by atoms with Crippen LogP contribution in [-0.4, -0.2) is 30.7 Å². The average Bonchev–Trinajstić information content (AvgIpc) is 2.94. The van der Waals surface area contributed by atoms with Crippen LogP contribution in [-0.2, 0) is 4.79 Å². The molecule has 0 bridgehead atoms. The van der Waals surface area contributed by atoms with Crippen molar-refractivity contribution in [2.45, 2.75) is 0 Å². The van der Waals surface area contributed by atoms with Gasteiger partial charge >= 0.3 is 11.9 Å². The van der Waals surface area contributed by atoms with Gasteiger partial charge in [-0.1, -0.05) is 52.3 Å². The van der Waals surface area contributed by atoms with Gasteiger partial charge in [0, 0.05) is 16.1 Å². The van der Waals surface area contributed by atoms with Crippen molar-refractivity contribution in [1.29, 1.82) is 0 Å². The number of hydrazone groups is 1. The molecule has 4 aromatic carbocycles. The number of nitrogens with zero attached hydrogens (tertiary/aromatic N) is 1. The highest BCUT2D eigenvalue weighted by Crippen LogP contribution is 2.26. The van der Waals surface area contributed by atoms with Crippen LogP contribution in [0.4, 0.5) is 0 Å². The summed E-state index contributed by atoms with van der Waals surface area (Å²) in [6, 6.07) is 28.4. The fraction of sp³-hybridized carbons (Fsp3) is 0.0345. The predicted molar refractivity (Wildman–Crippen MR) is 145 cm³/mol. The molecule has 0 spiro atoms. The van der Waals surface area contributed by atoms with Gasteiger partial charge in [0.2, 0.25) is 0 Å². The molecule has 1 amide bonds. The fourth-order valence-electron chi connectivity index (χ4n) is 3.13. The van der Waals surface area contributed by atoms with E-state index in [1.807, 2.05) is 0 Å². The molecule has 0 fully saturated rings. The van der Waals surface area contributed by atoms with Crippen LogP contribution in [0.5, 0.6) is 17.2 Å². The predicted octanol–water partition coefficient (Wildman–Crippen LogP) is 5.42. The van der Waals surface area contributed by atoms with Crippen molar-refractivity contribution in [2.75, 3.05) is 6.61 Å². The first-order valence-corrected chi connectivity index (χ1v) is 12.2. The monoisotopic (exact) mass is 572 g/mol. The largest absolute Gasteiger partial charge is 0.484 e. The number of ether oxygens (including phenoxy) is 3. The second-order valence-electron chi connectivity index (χ2n) is 7.75. The molecule has 0 saturated carbocycles. The fourth-order valence-corrected chi connectivity index (χ4v) is 3.40. The Labute approximate surface area is 227 Å². The second-order valence-corrected chi connectivity index (χ2v) is 8.66. The van der Waals surface area contributed by atoms with E-state index in [0.717, 1.165) is 4.47 Å². The van der Waals surface area contributed by atoms with Crippen LogP contribution in [0.2, 0.25) is 0 Å². The number of rotatable bonds is 9. The SMILES string of the molecule is O=C(COc1ccc(Br)cc1)N/N=C\c1ccc(OC(=O)c2ccccc2)cc1OC(=O)c1ccccc1. The van der Waals surface area contributed by atoms with Crippen LogP contribution in [0.1, 0.15) is 26.3 Å². The van der Waals surface area contributed by atoms with Crippen molar-refractivity contribution in [1.82, 2.24) is 5.43 Å². The summed E-state index contributed by atoms with van der Waals surface area (Å²) in [6.45, 7) is -0.247. The number of esters is 2. The Bertz CT molecular complexity index is 1440. The minimum atomic E-state index is -0.612. The summed E-state index contributed by atoms with van der Waals surface area (Å²) in [5, 5.41) is 3.94. The zero-order valence-electron chi connectivity index (χ0n) is 19.9. The molecule has 0 saturated heterocycles. The van der Waals surface area contributed by atoms with Crippen molar-refractivity contribution in [3.63, 3.8) is 0 Å². The third kappa shape index (κ3) is 7.62. The zero-order valence-corrected chi connectivity index (χ0v) is 21.5. The van der Waals surface area contributed by atoms with E-state index in [2.05, 4.69) is 26.5 Å². The summed E-state index contributed by atoms with van der Waals surface area (Å²) >= 11 is 3.33. The molecule has 0 aliphatic rings. The van der Waals surface area contributed by atoms with Gasteiger partial charge in [-0.15, -0.1) is 0 Å². The normalized spacial score (nSPS) is 10.6. The van der Waals surface area contributed by atoms with E-state index in [9.17, 15) is 14.4 Å². The van der Waals surface area contributed by atoms with Crippen LogP contribution in [0, 0.1) is 0 Å². The van der Waals surface area contributed by atoms with E-state index in [4.69, 9.17) is 14.2 Å². The van der Waals surface area contributed by atoms with Crippen LogP contribution < -0.4 is 19.6 Å². The van der Waals surface area contributed by atoms with E-state index < -0.39 is 17.8 Å². The van der Waals surface area contributed by atoms with Crippen LogP contribution in [0.25, 0.3) is 0 Å². The van der Waals surface area contributed by atoms with Gasteiger partial charge in [0.15, 0.2) is 6.61 Å². The molecule has 0 aliphatic heterocycles. The Balaban J connectivity index is 1.46. The molecule has 0 heterocycles. The Morgan fingerprint density at radius 1 is 0.737 bits per heavy atom. The lowest BCUT2D eigenvalue weighted by atomic mass is 10.2. The van der Waals surface area contributed by atoms with E-state index in [1.165, 1.54) is 18.3 Å². The maximum absolute atomic E-state index is 12.7. The van der Waals surface area contributed by atoms with Gasteiger partial charge in [0.25, 0.3) is 5.91 Å². The minimum Gasteiger partial charge on any atom is -0.484 e. The Kier molecular flexibility index (Phi) is 8.98. The molecule has 4 aromatic rings. The lowest BCUT2D eigenvalue weighted by Gasteiger charge is -2.10. The van der Waals surface area contributed by atoms with Crippen LogP contribution in [0.15, 0.2) is 113 Å². The summed E-state index contributed by atoms with van der Waals surface area (Å²) in [6.07, 6.45) is 1.31. The quantitative estimate of drug-likeness (QED) is 0.124. The van der Waals surface area contributed by atoms with Crippen molar-refractivity contribution >= 4 is 40.0 Å². The van der Waals surface area contributed by atoms with E-state index >= 15 is 0 Å². The molecule has 0 unspecified atom stereocenters. The van der Waals surface area contributed by atoms with Gasteiger partial charge in [-0.2, -0.15) is 5.10 Å². The second kappa shape index (κ2) is 13.0. The molecule has 0 radical (unpaired) electrons. The molecule has 4 rings (SSSR count). The molecule has 9 heteroatoms. The number of hydrogen-bond acceptors (Lipinski definition) is 7. The van der Waals surface area contributed by atoms with Crippen LogP contribution >= 0.6 is 15.9 Å². The van der Waals surface area contributed by atoms with E-state index in [-0.39, 0.29) is 18.1 Å². The first kappa shape index (κ1) is 26.3. The van der Waals surface area contributed by atoms with Gasteiger partial charge in [-0.3, -0.25) is 4.79 Å². The van der Waals surface area contributed by atoms with E-state index in [1.54, 1.807) is 91.0 Å². The standard InChI is InChI=1S/C29H21BrN2O6/c30-23-12-15-24(16-13-23)36-19-27(33)32-31-18-22-11-14-25(37-28(34)20-7-3-1-4-8-20)17-26(22)38-29(35)21-9-5-2-6-10-21/h1-18H,19H2,(H,32,33)/b31-18-. The van der Waals surface area contributed by atoms with Gasteiger partial charge in [0.05, 0.1) is 17.3 Å². The number of hydrogen-bond donors (Lipinski definition) is 1. The molecule has 0 aromatic heterocycles. The van der Waals surface area contributed by atoms with Crippen LogP contribution in [0.3, 0.4) is 0 Å². The Hall–Kier alpha value is -4.76. The summed E-state index contributed by atoms with van der Waals surface area (Å²) < 4.78 is 17.3. The highest BCUT2D eigenvalue weighted by Gasteiger charge is 2.15. The topological polar surface area (TPSA) is 103 Å². The Morgan fingerprint density at radius 3 is 1.95 bits per heavy atom. The van der Waals surface area contributed by atoms with Gasteiger partial charge in [0.1, 0.15) is 17.2 Å². The van der Waals surface area contributed by atoms with Crippen molar-refractivity contribution in [3.05, 3.63) is 124 Å². The van der Waals surface area contributed by atoms with Crippen molar-refractivity contribution in [2.24, 2.45) is 5.10 Å². The van der Waals surface area contributed by atoms with Gasteiger partial charge in [-0.05, 0) is 60.7 Å². The lowest BCUT2D eigenvalue weighted by molar-refractivity contribution is -0.123. The third-order valence-corrected chi connectivity index (χ3v) is 5.52. The minimum absolute atomic E-state index is 0.0846. The summed E-state index contributed by atoms with van der Waals surface area (Å²) in [4.78, 5) is 37.3. The van der Waals surface area contributed by atoms with Gasteiger partial charge < -0.3 is 14.2 Å². The lowest BCUT2D eigenvalue weighted by Crippen LogP contribution is -2.24. The summed E-state index contributed by atoms with van der Waals surface area (Å²) in [7, 11) is 0. The highest BCUT2D eigenvalue weighted by atomic mass is 79.9. The maximum atomic E-state index is 12.7. The molecule has 0 atom stereocenters. The van der Waals surface area contributed by atoms with Crippen molar-refractivity contribution in [3.8, 4) is 17.2 Å². The molecule has 0 aliphatic carbocycles. The Morgan fingerprint density at radius 2 is 1.32 bits per heavy atom. The number of nitrogens with one attached hydrogen (secondary N) is 1. The van der Waals surface area contributed by atoms with Crippen molar-refractivity contribution < 1.29 is 28.6 Å². The number of halogens is 1. The molecule has 8 nitrogen and oxygen atoms in total. The third-order valence-electron chi connectivity index (χ3n) is 4.99. The first-order valence-electron chi connectivity index (χ1n) is 11.4. The molecule has 190 valence electrons. The number of carbonyl (C=O) groups is 3. The molecular formula is C29H21BrN2O6. The first-order chi connectivity index (χ1) is 18.5. The average molecular weight is 573 g/mol. The number of carbonyl (C=O) groups excluding carboxylic acids is 3. The summed E-state index contributed by atoms with van der Waals surface area (Å²) in [5.74, 6) is -0.882. The highest BCUT2D eigenvalue weighted by molar-refractivity contribution is 9.10. The maximum Gasteiger partial charge on any atom is 0.343 e.